The van der Waals surface area contributed by atoms with Crippen molar-refractivity contribution in [2.75, 3.05) is 36.5 Å². The first-order valence-electron chi connectivity index (χ1n) is 8.38. The maximum absolute atomic E-state index is 12.5. The van der Waals surface area contributed by atoms with E-state index in [9.17, 15) is 4.79 Å². The first kappa shape index (κ1) is 15.6. The number of benzene rings is 2. The number of rotatable bonds is 3. The number of carbonyl (C=O) groups excluding carboxylic acids is 1. The molecule has 1 aliphatic rings. The van der Waals surface area contributed by atoms with Crippen LogP contribution in [0.3, 0.4) is 0 Å². The molecule has 4 rings (SSSR count). The minimum atomic E-state index is -0.133. The smallest absolute Gasteiger partial charge is 0.255 e. The van der Waals surface area contributed by atoms with Gasteiger partial charge in [-0.05, 0) is 42.5 Å². The lowest BCUT2D eigenvalue weighted by molar-refractivity contribution is 0.102. The number of carbonyl (C=O) groups is 1. The second-order valence-electron chi connectivity index (χ2n) is 6.01. The van der Waals surface area contributed by atoms with Crippen molar-refractivity contribution in [3.8, 4) is 0 Å². The van der Waals surface area contributed by atoms with Crippen LogP contribution >= 0.6 is 0 Å². The Labute approximate surface area is 146 Å². The number of amides is 1. The van der Waals surface area contributed by atoms with Crippen LogP contribution in [0.15, 0.2) is 60.8 Å². The van der Waals surface area contributed by atoms with E-state index in [0.29, 0.717) is 5.56 Å². The Hall–Kier alpha value is -2.92. The molecule has 1 N–H and O–H groups in total. The number of anilines is 2. The molecule has 126 valence electrons. The summed E-state index contributed by atoms with van der Waals surface area (Å²) >= 11 is 0. The van der Waals surface area contributed by atoms with Gasteiger partial charge in [0.25, 0.3) is 5.91 Å². The quantitative estimate of drug-likeness (QED) is 0.799. The number of nitrogens with zero attached hydrogens (tertiary/aromatic N) is 2. The lowest BCUT2D eigenvalue weighted by Crippen LogP contribution is -2.36. The normalized spacial score (nSPS) is 14.5. The first-order valence-corrected chi connectivity index (χ1v) is 8.38. The Bertz CT molecular complexity index is 887. The zero-order valence-electron chi connectivity index (χ0n) is 13.8. The van der Waals surface area contributed by atoms with E-state index in [1.807, 2.05) is 54.6 Å². The number of hydrogen-bond donors (Lipinski definition) is 1. The lowest BCUT2D eigenvalue weighted by Gasteiger charge is -2.28. The molecule has 3 aromatic rings. The molecule has 0 aliphatic carbocycles. The molecule has 2 heterocycles. The van der Waals surface area contributed by atoms with Crippen molar-refractivity contribution in [2.24, 2.45) is 0 Å². The molecule has 5 heteroatoms. The van der Waals surface area contributed by atoms with E-state index in [-0.39, 0.29) is 5.91 Å². The average Bonchev–Trinajstić information content (AvgIpc) is 2.69. The van der Waals surface area contributed by atoms with Crippen molar-refractivity contribution < 1.29 is 9.53 Å². The number of fused-ring (bicyclic) bond motifs is 1. The molecule has 1 aromatic heterocycles. The maximum Gasteiger partial charge on any atom is 0.255 e. The Balaban J connectivity index is 1.47. The Kier molecular flexibility index (Phi) is 4.31. The summed E-state index contributed by atoms with van der Waals surface area (Å²) in [6, 6.07) is 17.3. The molecule has 1 fully saturated rings. The van der Waals surface area contributed by atoms with Gasteiger partial charge in [-0.2, -0.15) is 0 Å². The average molecular weight is 333 g/mol. The van der Waals surface area contributed by atoms with E-state index < -0.39 is 0 Å². The lowest BCUT2D eigenvalue weighted by atomic mass is 10.1. The summed E-state index contributed by atoms with van der Waals surface area (Å²) in [6.07, 6.45) is 1.73. The van der Waals surface area contributed by atoms with Gasteiger partial charge in [0.2, 0.25) is 0 Å². The van der Waals surface area contributed by atoms with Gasteiger partial charge in [0.15, 0.2) is 0 Å². The predicted octanol–water partition coefficient (Wildman–Crippen LogP) is 3.32. The summed E-state index contributed by atoms with van der Waals surface area (Å²) < 4.78 is 5.37. The van der Waals surface area contributed by atoms with Crippen molar-refractivity contribution in [1.29, 1.82) is 0 Å². The van der Waals surface area contributed by atoms with Crippen LogP contribution in [0.2, 0.25) is 0 Å². The molecule has 25 heavy (non-hydrogen) atoms. The van der Waals surface area contributed by atoms with Gasteiger partial charge in [-0.15, -0.1) is 0 Å². The summed E-state index contributed by atoms with van der Waals surface area (Å²) in [7, 11) is 0. The number of ether oxygens (including phenoxy) is 1. The number of aromatic nitrogens is 1. The fourth-order valence-corrected chi connectivity index (χ4v) is 2.99. The zero-order valence-corrected chi connectivity index (χ0v) is 13.8. The van der Waals surface area contributed by atoms with Crippen LogP contribution in [-0.2, 0) is 4.74 Å². The number of morpholine rings is 1. The van der Waals surface area contributed by atoms with Gasteiger partial charge in [-0.3, -0.25) is 9.78 Å². The molecular weight excluding hydrogens is 314 g/mol. The minimum absolute atomic E-state index is 0.133. The molecule has 5 nitrogen and oxygen atoms in total. The molecule has 0 bridgehead atoms. The fraction of sp³-hybridized carbons (Fsp3) is 0.200. The third-order valence-corrected chi connectivity index (χ3v) is 4.37. The van der Waals surface area contributed by atoms with Gasteiger partial charge in [0, 0.05) is 41.6 Å². The highest BCUT2D eigenvalue weighted by Gasteiger charge is 2.12. The third-order valence-electron chi connectivity index (χ3n) is 4.37. The van der Waals surface area contributed by atoms with Gasteiger partial charge in [-0.25, -0.2) is 0 Å². The molecule has 1 amide bonds. The van der Waals surface area contributed by atoms with Gasteiger partial charge < -0.3 is 15.0 Å². The molecule has 0 atom stereocenters. The summed E-state index contributed by atoms with van der Waals surface area (Å²) in [6.45, 7) is 3.31. The van der Waals surface area contributed by atoms with Crippen molar-refractivity contribution in [1.82, 2.24) is 4.98 Å². The van der Waals surface area contributed by atoms with E-state index in [4.69, 9.17) is 4.74 Å². The van der Waals surface area contributed by atoms with E-state index in [0.717, 1.165) is 48.6 Å². The van der Waals surface area contributed by atoms with E-state index >= 15 is 0 Å². The van der Waals surface area contributed by atoms with Gasteiger partial charge >= 0.3 is 0 Å². The number of pyridine rings is 1. The minimum Gasteiger partial charge on any atom is -0.378 e. The largest absolute Gasteiger partial charge is 0.378 e. The molecule has 0 unspecified atom stereocenters. The summed E-state index contributed by atoms with van der Waals surface area (Å²) in [4.78, 5) is 19.1. The second-order valence-corrected chi connectivity index (χ2v) is 6.01. The molecular formula is C20H19N3O2. The second kappa shape index (κ2) is 6.91. The first-order chi connectivity index (χ1) is 12.3. The Morgan fingerprint density at radius 2 is 1.84 bits per heavy atom. The van der Waals surface area contributed by atoms with Crippen LogP contribution < -0.4 is 10.2 Å². The number of hydrogen-bond acceptors (Lipinski definition) is 4. The third kappa shape index (κ3) is 3.46. The molecule has 1 aliphatic heterocycles. The summed E-state index contributed by atoms with van der Waals surface area (Å²) in [5, 5.41) is 3.97. The monoisotopic (exact) mass is 333 g/mol. The molecule has 0 spiro atoms. The SMILES string of the molecule is O=C(Nc1ccc(N2CCOCC2)cc1)c1ccc2cccnc2c1. The van der Waals surface area contributed by atoms with Gasteiger partial charge in [0.1, 0.15) is 0 Å². The van der Waals surface area contributed by atoms with Crippen molar-refractivity contribution >= 4 is 28.2 Å². The topological polar surface area (TPSA) is 54.5 Å². The highest BCUT2D eigenvalue weighted by atomic mass is 16.5. The molecule has 0 saturated carbocycles. The van der Waals surface area contributed by atoms with Crippen molar-refractivity contribution in [2.45, 2.75) is 0 Å². The molecule has 2 aromatic carbocycles. The van der Waals surface area contributed by atoms with E-state index in [2.05, 4.69) is 15.2 Å². The fourth-order valence-electron chi connectivity index (χ4n) is 2.99. The van der Waals surface area contributed by atoms with E-state index in [1.165, 1.54) is 0 Å². The van der Waals surface area contributed by atoms with Gasteiger partial charge in [-0.1, -0.05) is 12.1 Å². The maximum atomic E-state index is 12.5. The van der Waals surface area contributed by atoms with Crippen LogP contribution in [0.1, 0.15) is 10.4 Å². The van der Waals surface area contributed by atoms with Crippen molar-refractivity contribution in [3.05, 3.63) is 66.4 Å². The summed E-state index contributed by atoms with van der Waals surface area (Å²) in [5.41, 5.74) is 3.35. The van der Waals surface area contributed by atoms with E-state index in [1.54, 1.807) is 6.20 Å². The summed E-state index contributed by atoms with van der Waals surface area (Å²) in [5.74, 6) is -0.133. The standard InChI is InChI=1S/C20H19N3O2/c24-20(16-4-3-15-2-1-9-21-19(15)14-16)22-17-5-7-18(8-6-17)23-10-12-25-13-11-23/h1-9,14H,10-13H2,(H,22,24). The van der Waals surface area contributed by atoms with Gasteiger partial charge in [0.05, 0.1) is 18.7 Å². The van der Waals surface area contributed by atoms with Crippen LogP contribution in [-0.4, -0.2) is 37.2 Å². The van der Waals surface area contributed by atoms with Crippen LogP contribution in [0.5, 0.6) is 0 Å². The molecule has 0 radical (unpaired) electrons. The van der Waals surface area contributed by atoms with Crippen LogP contribution in [0.25, 0.3) is 10.9 Å². The molecule has 1 saturated heterocycles. The van der Waals surface area contributed by atoms with Crippen LogP contribution in [0, 0.1) is 0 Å². The highest BCUT2D eigenvalue weighted by molar-refractivity contribution is 6.06. The Morgan fingerprint density at radius 1 is 1.04 bits per heavy atom. The highest BCUT2D eigenvalue weighted by Crippen LogP contribution is 2.20. The number of nitrogens with one attached hydrogen (secondary N) is 1. The zero-order chi connectivity index (χ0) is 17.1. The van der Waals surface area contributed by atoms with Crippen LogP contribution in [0.4, 0.5) is 11.4 Å². The Morgan fingerprint density at radius 3 is 2.64 bits per heavy atom. The predicted molar refractivity (Wildman–Crippen MR) is 99.2 cm³/mol. The van der Waals surface area contributed by atoms with Crippen molar-refractivity contribution in [3.63, 3.8) is 0 Å².